The lowest BCUT2D eigenvalue weighted by Gasteiger charge is -2.32. The molecule has 2 aromatic rings. The summed E-state index contributed by atoms with van der Waals surface area (Å²) >= 11 is 6.23. The second kappa shape index (κ2) is 7.90. The number of halogens is 4. The number of anilines is 2. The van der Waals surface area contributed by atoms with Gasteiger partial charge in [0.2, 0.25) is 5.91 Å². The number of benzene rings is 2. The first-order valence-electron chi connectivity index (χ1n) is 9.46. The minimum atomic E-state index is -4.64. The molecule has 0 radical (unpaired) electrons. The first-order valence-corrected chi connectivity index (χ1v) is 9.84. The Balaban J connectivity index is 1.94. The molecule has 1 amide bonds. The van der Waals surface area contributed by atoms with Crippen molar-refractivity contribution in [3.05, 3.63) is 58.1 Å². The maximum atomic E-state index is 13.8. The van der Waals surface area contributed by atoms with Crippen molar-refractivity contribution in [1.29, 1.82) is 0 Å². The van der Waals surface area contributed by atoms with Crippen LogP contribution in [0.5, 0.6) is 0 Å². The Morgan fingerprint density at radius 2 is 1.79 bits per heavy atom. The van der Waals surface area contributed by atoms with Gasteiger partial charge in [-0.05, 0) is 35.1 Å². The average Bonchev–Trinajstić information content (AvgIpc) is 2.60. The van der Waals surface area contributed by atoms with E-state index in [9.17, 15) is 18.0 Å². The molecule has 156 valence electrons. The van der Waals surface area contributed by atoms with Crippen LogP contribution in [-0.4, -0.2) is 12.5 Å². The molecule has 0 saturated heterocycles. The van der Waals surface area contributed by atoms with Crippen LogP contribution in [0.2, 0.25) is 5.02 Å². The van der Waals surface area contributed by atoms with Crippen molar-refractivity contribution >= 4 is 28.9 Å². The van der Waals surface area contributed by atoms with Crippen molar-refractivity contribution in [2.24, 2.45) is 5.41 Å². The number of fused-ring (bicyclic) bond motifs is 1. The van der Waals surface area contributed by atoms with Gasteiger partial charge in [0.15, 0.2) is 0 Å². The summed E-state index contributed by atoms with van der Waals surface area (Å²) in [6.45, 7) is 6.64. The Morgan fingerprint density at radius 3 is 2.41 bits per heavy atom. The lowest BCUT2D eigenvalue weighted by molar-refractivity contribution is -0.136. The third kappa shape index (κ3) is 5.24. The van der Waals surface area contributed by atoms with Crippen LogP contribution in [0, 0.1) is 5.41 Å². The summed E-state index contributed by atoms with van der Waals surface area (Å²) in [5.74, 6) is -0.496. The minimum absolute atomic E-state index is 0.0886. The predicted molar refractivity (Wildman–Crippen MR) is 110 cm³/mol. The molecule has 2 aromatic carbocycles. The third-order valence-electron chi connectivity index (χ3n) is 4.83. The molecule has 0 saturated carbocycles. The fraction of sp³-hybridized carbons (Fsp3) is 0.409. The Morgan fingerprint density at radius 1 is 1.14 bits per heavy atom. The van der Waals surface area contributed by atoms with E-state index in [-0.39, 0.29) is 22.5 Å². The number of amides is 1. The summed E-state index contributed by atoms with van der Waals surface area (Å²) in [4.78, 5) is 14.1. The standard InChI is InChI=1S/C22H24ClF3N2O/c1-21(2,3)12-19(29)27-20-17(22(24,25)26)10-16(11-18(20)23)28-9-8-14-6-4-5-7-15(14)13-28/h4-7,10-11H,8-9,12-13H2,1-3H3,(H,27,29). The van der Waals surface area contributed by atoms with Gasteiger partial charge in [0.25, 0.3) is 0 Å². The Bertz CT molecular complexity index is 919. The van der Waals surface area contributed by atoms with Gasteiger partial charge in [0.05, 0.1) is 16.3 Å². The Kier molecular flexibility index (Phi) is 5.86. The zero-order valence-electron chi connectivity index (χ0n) is 16.7. The van der Waals surface area contributed by atoms with Gasteiger partial charge in [-0.1, -0.05) is 56.6 Å². The number of nitrogens with zero attached hydrogens (tertiary/aromatic N) is 1. The molecule has 0 bridgehead atoms. The second-order valence-electron chi connectivity index (χ2n) is 8.57. The van der Waals surface area contributed by atoms with Gasteiger partial charge in [-0.15, -0.1) is 0 Å². The van der Waals surface area contributed by atoms with Crippen LogP contribution in [0.25, 0.3) is 0 Å². The van der Waals surface area contributed by atoms with Crippen molar-refractivity contribution < 1.29 is 18.0 Å². The maximum Gasteiger partial charge on any atom is 0.418 e. The Labute approximate surface area is 173 Å². The predicted octanol–water partition coefficient (Wildman–Crippen LogP) is 6.30. The summed E-state index contributed by atoms with van der Waals surface area (Å²) in [6, 6.07) is 10.5. The van der Waals surface area contributed by atoms with Crippen LogP contribution in [0.4, 0.5) is 24.5 Å². The number of hydrogen-bond donors (Lipinski definition) is 1. The fourth-order valence-corrected chi connectivity index (χ4v) is 3.77. The molecule has 0 aliphatic carbocycles. The van der Waals surface area contributed by atoms with E-state index < -0.39 is 17.6 Å². The van der Waals surface area contributed by atoms with Crippen LogP contribution in [0.3, 0.4) is 0 Å². The highest BCUT2D eigenvalue weighted by Gasteiger charge is 2.36. The molecular formula is C22H24ClF3N2O. The van der Waals surface area contributed by atoms with Gasteiger partial charge >= 0.3 is 6.18 Å². The van der Waals surface area contributed by atoms with Gasteiger partial charge in [-0.2, -0.15) is 13.2 Å². The molecule has 1 N–H and O–H groups in total. The molecule has 0 unspecified atom stereocenters. The molecule has 3 rings (SSSR count). The quantitative estimate of drug-likeness (QED) is 0.627. The summed E-state index contributed by atoms with van der Waals surface area (Å²) in [5, 5.41) is 2.26. The highest BCUT2D eigenvalue weighted by atomic mass is 35.5. The number of carbonyl (C=O) groups is 1. The van der Waals surface area contributed by atoms with E-state index in [1.165, 1.54) is 11.6 Å². The van der Waals surface area contributed by atoms with Crippen LogP contribution in [-0.2, 0) is 23.9 Å². The number of hydrogen-bond acceptors (Lipinski definition) is 2. The van der Waals surface area contributed by atoms with E-state index in [4.69, 9.17) is 11.6 Å². The van der Waals surface area contributed by atoms with Gasteiger partial charge < -0.3 is 10.2 Å². The first-order chi connectivity index (χ1) is 13.4. The summed E-state index contributed by atoms with van der Waals surface area (Å²) in [7, 11) is 0. The van der Waals surface area contributed by atoms with Crippen molar-refractivity contribution in [3.8, 4) is 0 Å². The molecule has 7 heteroatoms. The monoisotopic (exact) mass is 424 g/mol. The molecule has 0 spiro atoms. The number of rotatable bonds is 3. The first kappa shape index (κ1) is 21.5. The number of alkyl halides is 3. The topological polar surface area (TPSA) is 32.3 Å². The minimum Gasteiger partial charge on any atom is -0.367 e. The van der Waals surface area contributed by atoms with E-state index in [2.05, 4.69) is 5.32 Å². The summed E-state index contributed by atoms with van der Waals surface area (Å²) < 4.78 is 41.3. The van der Waals surface area contributed by atoms with Gasteiger partial charge in [-0.3, -0.25) is 4.79 Å². The molecule has 1 aliphatic heterocycles. The van der Waals surface area contributed by atoms with Gasteiger partial charge in [0.1, 0.15) is 0 Å². The van der Waals surface area contributed by atoms with E-state index in [1.54, 1.807) is 0 Å². The highest BCUT2D eigenvalue weighted by molar-refractivity contribution is 6.34. The largest absolute Gasteiger partial charge is 0.418 e. The molecule has 1 heterocycles. The van der Waals surface area contributed by atoms with Crippen molar-refractivity contribution in [2.45, 2.75) is 46.3 Å². The number of nitrogens with one attached hydrogen (secondary N) is 1. The normalized spacial score (nSPS) is 14.5. The zero-order chi connectivity index (χ0) is 21.4. The maximum absolute atomic E-state index is 13.8. The van der Waals surface area contributed by atoms with E-state index in [0.29, 0.717) is 18.8 Å². The molecule has 0 atom stereocenters. The van der Waals surface area contributed by atoms with Crippen LogP contribution >= 0.6 is 11.6 Å². The van der Waals surface area contributed by atoms with Crippen LogP contribution in [0.1, 0.15) is 43.9 Å². The van der Waals surface area contributed by atoms with E-state index in [1.807, 2.05) is 49.9 Å². The van der Waals surface area contributed by atoms with Crippen LogP contribution < -0.4 is 10.2 Å². The van der Waals surface area contributed by atoms with E-state index in [0.717, 1.165) is 18.1 Å². The zero-order valence-corrected chi connectivity index (χ0v) is 17.4. The van der Waals surface area contributed by atoms with E-state index >= 15 is 0 Å². The Hall–Kier alpha value is -2.21. The SMILES string of the molecule is CC(C)(C)CC(=O)Nc1c(Cl)cc(N2CCc3ccccc3C2)cc1C(F)(F)F. The third-order valence-corrected chi connectivity index (χ3v) is 5.13. The number of carbonyl (C=O) groups excluding carboxylic acids is 1. The molecule has 3 nitrogen and oxygen atoms in total. The van der Waals surface area contributed by atoms with Crippen molar-refractivity contribution in [1.82, 2.24) is 0 Å². The molecule has 0 fully saturated rings. The van der Waals surface area contributed by atoms with Crippen LogP contribution in [0.15, 0.2) is 36.4 Å². The highest BCUT2D eigenvalue weighted by Crippen LogP contribution is 2.42. The van der Waals surface area contributed by atoms with Gasteiger partial charge in [-0.25, -0.2) is 0 Å². The second-order valence-corrected chi connectivity index (χ2v) is 8.98. The van der Waals surface area contributed by atoms with Crippen molar-refractivity contribution in [3.63, 3.8) is 0 Å². The molecular weight excluding hydrogens is 401 g/mol. The molecule has 1 aliphatic rings. The molecule has 29 heavy (non-hydrogen) atoms. The smallest absolute Gasteiger partial charge is 0.367 e. The lowest BCUT2D eigenvalue weighted by Crippen LogP contribution is -2.30. The fourth-order valence-electron chi connectivity index (χ4n) is 3.51. The van der Waals surface area contributed by atoms with Gasteiger partial charge in [0, 0.05) is 25.2 Å². The summed E-state index contributed by atoms with van der Waals surface area (Å²) in [5.41, 5.74) is 1.03. The van der Waals surface area contributed by atoms with Crippen molar-refractivity contribution in [2.75, 3.05) is 16.8 Å². The summed E-state index contributed by atoms with van der Waals surface area (Å²) in [6.07, 6.45) is -3.80. The molecule has 0 aromatic heterocycles. The average molecular weight is 425 g/mol. The lowest BCUT2D eigenvalue weighted by atomic mass is 9.92.